The summed E-state index contributed by atoms with van der Waals surface area (Å²) < 4.78 is 4.61. The number of hydrogen-bond donors (Lipinski definition) is 2. The molecule has 2 rings (SSSR count). The molecule has 0 saturated carbocycles. The Morgan fingerprint density at radius 2 is 1.35 bits per heavy atom. The van der Waals surface area contributed by atoms with Crippen molar-refractivity contribution in [3.05, 3.63) is 70.8 Å². The van der Waals surface area contributed by atoms with Crippen molar-refractivity contribution in [3.63, 3.8) is 0 Å². The largest absolute Gasteiger partial charge is 0.478 e. The van der Waals surface area contributed by atoms with Gasteiger partial charge in [-0.05, 0) is 30.3 Å². The molecule has 0 aliphatic carbocycles. The average Bonchev–Trinajstić information content (AvgIpc) is 2.54. The first-order chi connectivity index (χ1) is 10.9. The second-order valence-corrected chi connectivity index (χ2v) is 4.41. The molecule has 0 radical (unpaired) electrons. The third-order valence-corrected chi connectivity index (χ3v) is 2.91. The molecule has 0 heterocycles. The van der Waals surface area contributed by atoms with Crippen LogP contribution in [0.4, 0.5) is 0 Å². The van der Waals surface area contributed by atoms with E-state index in [0.717, 1.165) is 18.2 Å². The van der Waals surface area contributed by atoms with Gasteiger partial charge < -0.3 is 14.9 Å². The maximum absolute atomic E-state index is 12.0. The van der Waals surface area contributed by atoms with Gasteiger partial charge in [-0.2, -0.15) is 0 Å². The van der Waals surface area contributed by atoms with Crippen LogP contribution in [0, 0.1) is 0 Å². The molecular formula is C16H10O7. The molecule has 0 aromatic heterocycles. The van der Waals surface area contributed by atoms with E-state index in [4.69, 9.17) is 10.2 Å². The summed E-state index contributed by atoms with van der Waals surface area (Å²) in [5, 5.41) is 18.0. The number of aromatic carboxylic acids is 2. The van der Waals surface area contributed by atoms with Crippen LogP contribution >= 0.6 is 0 Å². The van der Waals surface area contributed by atoms with Gasteiger partial charge in [0.2, 0.25) is 0 Å². The van der Waals surface area contributed by atoms with Crippen LogP contribution in [-0.4, -0.2) is 34.1 Å². The first-order valence-electron chi connectivity index (χ1n) is 6.32. The van der Waals surface area contributed by atoms with E-state index in [9.17, 15) is 19.2 Å². The molecule has 0 aliphatic rings. The van der Waals surface area contributed by atoms with Gasteiger partial charge in [-0.1, -0.05) is 18.2 Å². The third kappa shape index (κ3) is 3.59. The van der Waals surface area contributed by atoms with Gasteiger partial charge >= 0.3 is 23.9 Å². The summed E-state index contributed by atoms with van der Waals surface area (Å²) in [6.07, 6.45) is 0. The van der Waals surface area contributed by atoms with Crippen LogP contribution in [0.15, 0.2) is 48.5 Å². The molecule has 0 fully saturated rings. The molecule has 0 atom stereocenters. The maximum Gasteiger partial charge on any atom is 0.346 e. The van der Waals surface area contributed by atoms with E-state index in [2.05, 4.69) is 4.74 Å². The second kappa shape index (κ2) is 6.52. The second-order valence-electron chi connectivity index (χ2n) is 4.41. The number of carboxylic acid groups (broad SMARTS) is 2. The Morgan fingerprint density at radius 3 is 1.91 bits per heavy atom. The first kappa shape index (κ1) is 15.9. The summed E-state index contributed by atoms with van der Waals surface area (Å²) in [6, 6.07) is 10.5. The van der Waals surface area contributed by atoms with E-state index in [1.165, 1.54) is 12.1 Å². The minimum atomic E-state index is -1.44. The molecule has 0 spiro atoms. The van der Waals surface area contributed by atoms with Crippen LogP contribution in [0.1, 0.15) is 41.4 Å². The lowest BCUT2D eigenvalue weighted by Crippen LogP contribution is -2.17. The molecular weight excluding hydrogens is 304 g/mol. The summed E-state index contributed by atoms with van der Waals surface area (Å²) in [5.74, 6) is -4.99. The Kier molecular flexibility index (Phi) is 4.51. The van der Waals surface area contributed by atoms with Gasteiger partial charge in [0.25, 0.3) is 0 Å². The van der Waals surface area contributed by atoms with Crippen molar-refractivity contribution >= 4 is 23.9 Å². The highest BCUT2D eigenvalue weighted by molar-refractivity contribution is 6.08. The van der Waals surface area contributed by atoms with Crippen LogP contribution in [0.5, 0.6) is 0 Å². The van der Waals surface area contributed by atoms with Gasteiger partial charge in [-0.3, -0.25) is 0 Å². The van der Waals surface area contributed by atoms with Gasteiger partial charge in [0.05, 0.1) is 22.3 Å². The molecule has 0 bridgehead atoms. The SMILES string of the molecule is O=C(O)c1ccc(C(=O)O)c(C(=O)OC(=O)c2ccccc2)c1. The summed E-state index contributed by atoms with van der Waals surface area (Å²) in [4.78, 5) is 45.9. The van der Waals surface area contributed by atoms with Gasteiger partial charge in [-0.25, -0.2) is 19.2 Å². The quantitative estimate of drug-likeness (QED) is 0.655. The molecule has 23 heavy (non-hydrogen) atoms. The molecule has 0 aliphatic heterocycles. The van der Waals surface area contributed by atoms with Gasteiger partial charge in [0.15, 0.2) is 0 Å². The minimum absolute atomic E-state index is 0.104. The highest BCUT2D eigenvalue weighted by Crippen LogP contribution is 2.15. The number of carbonyl (C=O) groups is 4. The molecule has 2 aromatic carbocycles. The fraction of sp³-hybridized carbons (Fsp3) is 0. The average molecular weight is 314 g/mol. The zero-order valence-corrected chi connectivity index (χ0v) is 11.6. The molecule has 0 saturated heterocycles. The molecule has 2 N–H and O–H groups in total. The zero-order chi connectivity index (χ0) is 17.0. The predicted octanol–water partition coefficient (Wildman–Crippen LogP) is 2.08. The lowest BCUT2D eigenvalue weighted by atomic mass is 10.0. The number of rotatable bonds is 4. The van der Waals surface area contributed by atoms with Gasteiger partial charge in [-0.15, -0.1) is 0 Å². The smallest absolute Gasteiger partial charge is 0.346 e. The number of ether oxygens (including phenoxy) is 1. The van der Waals surface area contributed by atoms with Crippen LogP contribution in [0.2, 0.25) is 0 Å². The van der Waals surface area contributed by atoms with Crippen molar-refractivity contribution in [1.82, 2.24) is 0 Å². The van der Waals surface area contributed by atoms with E-state index in [0.29, 0.717) is 0 Å². The molecule has 0 unspecified atom stereocenters. The lowest BCUT2D eigenvalue weighted by molar-refractivity contribution is 0.0392. The van der Waals surface area contributed by atoms with E-state index in [-0.39, 0.29) is 11.1 Å². The first-order valence-corrected chi connectivity index (χ1v) is 6.32. The van der Waals surface area contributed by atoms with E-state index < -0.39 is 35.0 Å². The summed E-state index contributed by atoms with van der Waals surface area (Å²) in [6.45, 7) is 0. The highest BCUT2D eigenvalue weighted by atomic mass is 16.6. The normalized spacial score (nSPS) is 9.91. The third-order valence-electron chi connectivity index (χ3n) is 2.91. The van der Waals surface area contributed by atoms with Gasteiger partial charge in [0.1, 0.15) is 0 Å². The Labute approximate surface area is 129 Å². The molecule has 7 heteroatoms. The summed E-state index contributed by atoms with van der Waals surface area (Å²) in [5.41, 5.74) is -1.16. The predicted molar refractivity (Wildman–Crippen MR) is 76.5 cm³/mol. The fourth-order valence-electron chi connectivity index (χ4n) is 1.80. The van der Waals surface area contributed by atoms with Crippen molar-refractivity contribution in [1.29, 1.82) is 0 Å². The molecule has 116 valence electrons. The van der Waals surface area contributed by atoms with E-state index in [1.807, 2.05) is 0 Å². The standard InChI is InChI=1S/C16H10O7/c17-13(18)10-6-7-11(14(19)20)12(8-10)16(22)23-15(21)9-4-2-1-3-5-9/h1-8H,(H,17,18)(H,19,20). The topological polar surface area (TPSA) is 118 Å². The minimum Gasteiger partial charge on any atom is -0.478 e. The molecule has 7 nitrogen and oxygen atoms in total. The van der Waals surface area contributed by atoms with Crippen LogP contribution < -0.4 is 0 Å². The van der Waals surface area contributed by atoms with Crippen molar-refractivity contribution in [3.8, 4) is 0 Å². The Bertz CT molecular complexity index is 793. The Morgan fingerprint density at radius 1 is 0.696 bits per heavy atom. The van der Waals surface area contributed by atoms with Crippen molar-refractivity contribution in [2.45, 2.75) is 0 Å². The number of carboxylic acids is 2. The summed E-state index contributed by atoms with van der Waals surface area (Å²) >= 11 is 0. The summed E-state index contributed by atoms with van der Waals surface area (Å²) in [7, 11) is 0. The number of esters is 2. The van der Waals surface area contributed by atoms with Crippen molar-refractivity contribution in [2.75, 3.05) is 0 Å². The Balaban J connectivity index is 2.34. The van der Waals surface area contributed by atoms with Crippen LogP contribution in [-0.2, 0) is 4.74 Å². The molecule has 2 aromatic rings. The van der Waals surface area contributed by atoms with E-state index in [1.54, 1.807) is 18.2 Å². The number of carbonyl (C=O) groups excluding carboxylic acids is 2. The Hall–Kier alpha value is -3.48. The van der Waals surface area contributed by atoms with Crippen molar-refractivity contribution in [2.24, 2.45) is 0 Å². The van der Waals surface area contributed by atoms with E-state index >= 15 is 0 Å². The van der Waals surface area contributed by atoms with Gasteiger partial charge in [0, 0.05) is 0 Å². The monoisotopic (exact) mass is 314 g/mol. The zero-order valence-electron chi connectivity index (χ0n) is 11.6. The van der Waals surface area contributed by atoms with Crippen molar-refractivity contribution < 1.29 is 34.1 Å². The van der Waals surface area contributed by atoms with Crippen LogP contribution in [0.25, 0.3) is 0 Å². The number of benzene rings is 2. The number of hydrogen-bond acceptors (Lipinski definition) is 5. The van der Waals surface area contributed by atoms with Crippen LogP contribution in [0.3, 0.4) is 0 Å². The maximum atomic E-state index is 12.0. The molecule has 0 amide bonds. The highest BCUT2D eigenvalue weighted by Gasteiger charge is 2.22. The lowest BCUT2D eigenvalue weighted by Gasteiger charge is -2.07. The fourth-order valence-corrected chi connectivity index (χ4v) is 1.80.